The first kappa shape index (κ1) is 13.2. The van der Waals surface area contributed by atoms with Crippen LogP contribution in [0, 0.1) is 6.92 Å². The molecule has 9 nitrogen and oxygen atoms in total. The van der Waals surface area contributed by atoms with Gasteiger partial charge in [-0.15, -0.1) is 11.3 Å². The topological polar surface area (TPSA) is 132 Å². The summed E-state index contributed by atoms with van der Waals surface area (Å²) in [5.74, 6) is -0.311. The number of nitrogens with one attached hydrogen (secondary N) is 2. The minimum atomic E-state index is -0.438. The van der Waals surface area contributed by atoms with Crippen molar-refractivity contribution < 1.29 is 4.79 Å². The van der Waals surface area contributed by atoms with Gasteiger partial charge in [0.15, 0.2) is 16.3 Å². The van der Waals surface area contributed by atoms with Crippen molar-refractivity contribution in [3.63, 3.8) is 0 Å². The monoisotopic (exact) mass is 305 g/mol. The molecule has 0 bridgehead atoms. The maximum Gasteiger partial charge on any atom is 0.280 e. The highest BCUT2D eigenvalue weighted by atomic mass is 32.1. The molecule has 21 heavy (non-hydrogen) atoms. The van der Waals surface area contributed by atoms with E-state index in [4.69, 9.17) is 5.73 Å². The number of nitrogens with two attached hydrogens (primary N) is 1. The summed E-state index contributed by atoms with van der Waals surface area (Å²) >= 11 is 1.34. The Morgan fingerprint density at radius 3 is 3.05 bits per heavy atom. The molecule has 0 fully saturated rings. The summed E-state index contributed by atoms with van der Waals surface area (Å²) in [6.45, 7) is 1.81. The van der Waals surface area contributed by atoms with Gasteiger partial charge in [-0.05, 0) is 6.92 Å². The molecule has 0 aromatic carbocycles. The third-order valence-electron chi connectivity index (χ3n) is 2.67. The van der Waals surface area contributed by atoms with Crippen LogP contribution in [-0.2, 0) is 11.3 Å². The second kappa shape index (κ2) is 4.98. The van der Waals surface area contributed by atoms with Crippen molar-refractivity contribution >= 4 is 39.5 Å². The molecule has 3 heterocycles. The van der Waals surface area contributed by atoms with Gasteiger partial charge in [0.1, 0.15) is 6.54 Å². The fraction of sp³-hybridized carbons (Fsp3) is 0.182. The maximum atomic E-state index is 12.0. The molecule has 4 N–H and O–H groups in total. The molecular weight excluding hydrogens is 294 g/mol. The predicted octanol–water partition coefficient (Wildman–Crippen LogP) is 0.105. The first-order valence-electron chi connectivity index (χ1n) is 5.95. The summed E-state index contributed by atoms with van der Waals surface area (Å²) < 4.78 is 1.46. The molecule has 3 aromatic rings. The van der Waals surface area contributed by atoms with Gasteiger partial charge in [0.05, 0.1) is 12.0 Å². The number of nitrogen functional groups attached to an aromatic ring is 1. The number of fused-ring (bicyclic) bond motifs is 1. The number of H-pyrrole nitrogens is 1. The van der Waals surface area contributed by atoms with Crippen LogP contribution in [-0.4, -0.2) is 30.4 Å². The highest BCUT2D eigenvalue weighted by Crippen LogP contribution is 2.14. The van der Waals surface area contributed by atoms with Crippen LogP contribution in [0.3, 0.4) is 0 Å². The molecule has 0 spiro atoms. The van der Waals surface area contributed by atoms with Crippen molar-refractivity contribution in [3.05, 3.63) is 27.8 Å². The Hall–Kier alpha value is -2.75. The summed E-state index contributed by atoms with van der Waals surface area (Å²) in [6, 6.07) is 0. The fourth-order valence-electron chi connectivity index (χ4n) is 1.81. The van der Waals surface area contributed by atoms with Crippen molar-refractivity contribution in [2.45, 2.75) is 13.5 Å². The first-order chi connectivity index (χ1) is 10.0. The number of carbonyl (C=O) groups excluding carboxylic acids is 1. The molecule has 0 aliphatic rings. The molecule has 3 aromatic heterocycles. The molecule has 0 saturated carbocycles. The van der Waals surface area contributed by atoms with Gasteiger partial charge < -0.3 is 15.6 Å². The molecule has 0 atom stereocenters. The van der Waals surface area contributed by atoms with Gasteiger partial charge in [0.25, 0.3) is 5.56 Å². The maximum absolute atomic E-state index is 12.0. The number of aromatic nitrogens is 5. The van der Waals surface area contributed by atoms with Crippen LogP contribution in [0.4, 0.5) is 11.1 Å². The van der Waals surface area contributed by atoms with Crippen LogP contribution in [0.2, 0.25) is 0 Å². The van der Waals surface area contributed by atoms with Crippen LogP contribution in [0.25, 0.3) is 11.2 Å². The number of nitrogens with zero attached hydrogens (tertiary/aromatic N) is 4. The molecule has 10 heteroatoms. The predicted molar refractivity (Wildman–Crippen MR) is 78.0 cm³/mol. The third-order valence-corrected chi connectivity index (χ3v) is 3.55. The Kier molecular flexibility index (Phi) is 3.14. The molecule has 0 radical (unpaired) electrons. The second-order valence-corrected chi connectivity index (χ2v) is 5.20. The van der Waals surface area contributed by atoms with E-state index in [1.807, 2.05) is 12.3 Å². The molecule has 0 unspecified atom stereocenters. The fourth-order valence-corrected chi connectivity index (χ4v) is 2.52. The molecule has 108 valence electrons. The van der Waals surface area contributed by atoms with E-state index in [-0.39, 0.29) is 29.6 Å². The largest absolute Gasteiger partial charge is 0.369 e. The van der Waals surface area contributed by atoms with Crippen LogP contribution in [0.5, 0.6) is 0 Å². The first-order valence-corrected chi connectivity index (χ1v) is 6.83. The third kappa shape index (κ3) is 2.60. The van der Waals surface area contributed by atoms with E-state index < -0.39 is 5.56 Å². The van der Waals surface area contributed by atoms with Crippen LogP contribution < -0.4 is 16.6 Å². The number of hydrogen-bond donors (Lipinski definition) is 3. The Labute approximate surface area is 121 Å². The van der Waals surface area contributed by atoms with Crippen molar-refractivity contribution in [1.29, 1.82) is 0 Å². The van der Waals surface area contributed by atoms with E-state index in [1.165, 1.54) is 22.2 Å². The van der Waals surface area contributed by atoms with Gasteiger partial charge in [-0.1, -0.05) is 0 Å². The van der Waals surface area contributed by atoms with Crippen molar-refractivity contribution in [1.82, 2.24) is 24.5 Å². The summed E-state index contributed by atoms with van der Waals surface area (Å²) in [4.78, 5) is 38.0. The number of anilines is 2. The summed E-state index contributed by atoms with van der Waals surface area (Å²) in [5, 5.41) is 5.03. The average molecular weight is 305 g/mol. The lowest BCUT2D eigenvalue weighted by atomic mass is 10.5. The van der Waals surface area contributed by atoms with Crippen LogP contribution in [0.1, 0.15) is 5.69 Å². The van der Waals surface area contributed by atoms with E-state index in [9.17, 15) is 9.59 Å². The minimum absolute atomic E-state index is 0.0230. The molecular formula is C11H11N7O2S. The van der Waals surface area contributed by atoms with Gasteiger partial charge in [-0.3, -0.25) is 14.6 Å². The number of amides is 1. The average Bonchev–Trinajstić information content (AvgIpc) is 2.97. The van der Waals surface area contributed by atoms with Crippen LogP contribution in [0.15, 0.2) is 16.5 Å². The Balaban J connectivity index is 1.85. The molecule has 0 saturated heterocycles. The number of imidazole rings is 1. The zero-order valence-electron chi connectivity index (χ0n) is 11.0. The number of rotatable bonds is 3. The highest BCUT2D eigenvalue weighted by Gasteiger charge is 2.12. The van der Waals surface area contributed by atoms with E-state index in [0.717, 1.165) is 5.69 Å². The minimum Gasteiger partial charge on any atom is -0.369 e. The Bertz CT molecular complexity index is 878. The summed E-state index contributed by atoms with van der Waals surface area (Å²) in [7, 11) is 0. The quantitative estimate of drug-likeness (QED) is 0.629. The highest BCUT2D eigenvalue weighted by molar-refractivity contribution is 7.13. The molecule has 3 rings (SSSR count). The second-order valence-electron chi connectivity index (χ2n) is 4.34. The van der Waals surface area contributed by atoms with Gasteiger partial charge in [0.2, 0.25) is 11.9 Å². The Morgan fingerprint density at radius 2 is 2.33 bits per heavy atom. The van der Waals surface area contributed by atoms with E-state index in [1.54, 1.807) is 0 Å². The Morgan fingerprint density at radius 1 is 1.52 bits per heavy atom. The number of carbonyl (C=O) groups is 1. The van der Waals surface area contributed by atoms with E-state index in [0.29, 0.717) is 5.13 Å². The van der Waals surface area contributed by atoms with Crippen molar-refractivity contribution in [3.8, 4) is 0 Å². The summed E-state index contributed by atoms with van der Waals surface area (Å²) in [6.07, 6.45) is 1.37. The van der Waals surface area contributed by atoms with E-state index in [2.05, 4.69) is 25.3 Å². The number of hydrogen-bond acceptors (Lipinski definition) is 7. The standard InChI is InChI=1S/C11H11N7O2S/c1-5-3-21-11(14-5)15-6(19)2-18-4-13-7-8(18)16-10(12)17-9(7)20/h3-4H,2H2,1H3,(H,14,15,19)(H3,12,16,17,20). The lowest BCUT2D eigenvalue weighted by Gasteiger charge is -2.03. The van der Waals surface area contributed by atoms with Gasteiger partial charge in [-0.2, -0.15) is 4.98 Å². The van der Waals surface area contributed by atoms with Crippen molar-refractivity contribution in [2.24, 2.45) is 0 Å². The van der Waals surface area contributed by atoms with E-state index >= 15 is 0 Å². The zero-order chi connectivity index (χ0) is 15.0. The number of thiazole rings is 1. The van der Waals surface area contributed by atoms with Crippen LogP contribution >= 0.6 is 11.3 Å². The van der Waals surface area contributed by atoms with Crippen molar-refractivity contribution in [2.75, 3.05) is 11.1 Å². The molecule has 0 aliphatic carbocycles. The number of aromatic amines is 1. The van der Waals surface area contributed by atoms with Gasteiger partial charge in [-0.25, -0.2) is 9.97 Å². The SMILES string of the molecule is Cc1csc(NC(=O)Cn2cnc3c(=O)[nH]c(N)nc32)n1. The zero-order valence-corrected chi connectivity index (χ0v) is 11.8. The van der Waals surface area contributed by atoms with Gasteiger partial charge >= 0.3 is 0 Å². The molecule has 0 aliphatic heterocycles. The summed E-state index contributed by atoms with van der Waals surface area (Å²) in [5.41, 5.74) is 6.30. The lowest BCUT2D eigenvalue weighted by Crippen LogP contribution is -2.19. The van der Waals surface area contributed by atoms with Gasteiger partial charge in [0, 0.05) is 5.38 Å². The lowest BCUT2D eigenvalue weighted by molar-refractivity contribution is -0.116. The normalized spacial score (nSPS) is 10.9. The smallest absolute Gasteiger partial charge is 0.280 e. The molecule has 1 amide bonds. The number of aryl methyl sites for hydroxylation is 1.